The highest BCUT2D eigenvalue weighted by Gasteiger charge is 2.28. The van der Waals surface area contributed by atoms with Crippen LogP contribution in [0.5, 0.6) is 0 Å². The van der Waals surface area contributed by atoms with E-state index in [1.54, 1.807) is 24.3 Å². The van der Waals surface area contributed by atoms with Gasteiger partial charge in [0.25, 0.3) is 0 Å². The number of hydrogen-bond donors (Lipinski definition) is 1. The van der Waals surface area contributed by atoms with Crippen molar-refractivity contribution in [2.45, 2.75) is 11.3 Å². The molecule has 0 unspecified atom stereocenters. The van der Waals surface area contributed by atoms with Crippen molar-refractivity contribution in [1.29, 1.82) is 10.5 Å². The molecular weight excluding hydrogens is 324 g/mol. The zero-order valence-electron chi connectivity index (χ0n) is 12.4. The molecule has 1 aliphatic carbocycles. The van der Waals surface area contributed by atoms with Crippen LogP contribution in [0, 0.1) is 22.7 Å². The van der Waals surface area contributed by atoms with Gasteiger partial charge in [-0.3, -0.25) is 9.59 Å². The van der Waals surface area contributed by atoms with Crippen molar-refractivity contribution in [3.8, 4) is 12.1 Å². The Morgan fingerprint density at radius 1 is 1.08 bits per heavy atom. The lowest BCUT2D eigenvalue weighted by Crippen LogP contribution is -2.11. The van der Waals surface area contributed by atoms with Crippen molar-refractivity contribution < 1.29 is 14.7 Å². The van der Waals surface area contributed by atoms with Gasteiger partial charge >= 0.3 is 5.97 Å². The van der Waals surface area contributed by atoms with E-state index in [1.807, 2.05) is 18.2 Å². The zero-order chi connectivity index (χ0) is 17.3. The number of ketones is 1. The Balaban J connectivity index is 2.21. The number of nitrogens with zero attached hydrogens (tertiary/aromatic N) is 2. The normalized spacial score (nSPS) is 12.8. The average Bonchev–Trinajstić information content (AvgIpc) is 2.58. The summed E-state index contributed by atoms with van der Waals surface area (Å²) in [5.41, 5.74) is 0.928. The van der Waals surface area contributed by atoms with Gasteiger partial charge < -0.3 is 5.11 Å². The zero-order valence-corrected chi connectivity index (χ0v) is 13.2. The molecular formula is C18H10N2O3S. The minimum absolute atomic E-state index is 0.0362. The molecule has 24 heavy (non-hydrogen) atoms. The molecule has 0 atom stereocenters. The molecule has 0 radical (unpaired) electrons. The summed E-state index contributed by atoms with van der Waals surface area (Å²) in [4.78, 5) is 24.0. The van der Waals surface area contributed by atoms with E-state index in [1.165, 1.54) is 11.8 Å². The van der Waals surface area contributed by atoms with E-state index < -0.39 is 11.8 Å². The maximum atomic E-state index is 12.5. The van der Waals surface area contributed by atoms with Gasteiger partial charge in [0.05, 0.1) is 12.0 Å². The van der Waals surface area contributed by atoms with Crippen LogP contribution in [0.2, 0.25) is 0 Å². The van der Waals surface area contributed by atoms with Crippen LogP contribution in [0.1, 0.15) is 22.3 Å². The number of rotatable bonds is 4. The Morgan fingerprint density at radius 3 is 2.50 bits per heavy atom. The fourth-order valence-electron chi connectivity index (χ4n) is 2.76. The second-order valence-electron chi connectivity index (χ2n) is 5.13. The van der Waals surface area contributed by atoms with Gasteiger partial charge in [-0.2, -0.15) is 10.5 Å². The Hall–Kier alpha value is -3.09. The van der Waals surface area contributed by atoms with Gasteiger partial charge in [0.15, 0.2) is 0 Å². The maximum Gasteiger partial charge on any atom is 0.304 e. The van der Waals surface area contributed by atoms with Gasteiger partial charge in [0.1, 0.15) is 17.7 Å². The van der Waals surface area contributed by atoms with E-state index in [0.29, 0.717) is 22.3 Å². The van der Waals surface area contributed by atoms with E-state index in [0.717, 1.165) is 10.3 Å². The first-order valence-corrected chi connectivity index (χ1v) is 8.07. The van der Waals surface area contributed by atoms with E-state index in [2.05, 4.69) is 0 Å². The predicted octanol–water partition coefficient (Wildman–Crippen LogP) is 3.40. The molecule has 0 aromatic heterocycles. The molecule has 1 N–H and O–H groups in total. The molecule has 0 amide bonds. The number of carboxylic acids is 1. The van der Waals surface area contributed by atoms with Crippen molar-refractivity contribution in [3.05, 3.63) is 47.0 Å². The molecule has 0 saturated heterocycles. The minimum Gasteiger partial charge on any atom is -0.481 e. The summed E-state index contributed by atoms with van der Waals surface area (Å²) in [7, 11) is 0. The highest BCUT2D eigenvalue weighted by molar-refractivity contribution is 7.99. The molecule has 2 aromatic rings. The summed E-state index contributed by atoms with van der Waals surface area (Å²) in [5, 5.41) is 28.8. The number of carboxylic acid groups (broad SMARTS) is 1. The molecule has 0 spiro atoms. The van der Waals surface area contributed by atoms with Crippen molar-refractivity contribution in [2.24, 2.45) is 0 Å². The number of aliphatic carboxylic acids is 1. The lowest BCUT2D eigenvalue weighted by atomic mass is 9.83. The largest absolute Gasteiger partial charge is 0.481 e. The first-order valence-electron chi connectivity index (χ1n) is 7.08. The fraction of sp³-hybridized carbons (Fsp3) is 0.111. The lowest BCUT2D eigenvalue weighted by molar-refractivity contribution is -0.136. The van der Waals surface area contributed by atoms with Gasteiger partial charge in [0, 0.05) is 27.2 Å². The number of carbonyl (C=O) groups excluding carboxylic acids is 1. The summed E-state index contributed by atoms with van der Waals surface area (Å²) in [5.74, 6) is -0.902. The molecule has 6 heteroatoms. The summed E-state index contributed by atoms with van der Waals surface area (Å²) >= 11 is 1.39. The number of Topliss-reactive ketones (excluding diaryl/α,β-unsaturated/α-hetero) is 1. The van der Waals surface area contributed by atoms with Crippen LogP contribution in [-0.2, 0) is 4.79 Å². The molecule has 2 aromatic carbocycles. The second-order valence-corrected chi connectivity index (χ2v) is 6.27. The van der Waals surface area contributed by atoms with E-state index >= 15 is 0 Å². The molecule has 1 aliphatic rings. The van der Waals surface area contributed by atoms with Crippen LogP contribution < -0.4 is 0 Å². The third kappa shape index (κ3) is 2.44. The molecule has 5 nitrogen and oxygen atoms in total. The average molecular weight is 334 g/mol. The number of carbonyl (C=O) groups is 2. The summed E-state index contributed by atoms with van der Waals surface area (Å²) in [6.45, 7) is 0. The van der Waals surface area contributed by atoms with Crippen LogP contribution in [-0.4, -0.2) is 22.6 Å². The van der Waals surface area contributed by atoms with Gasteiger partial charge in [-0.15, -0.1) is 11.8 Å². The van der Waals surface area contributed by atoms with E-state index in [9.17, 15) is 20.1 Å². The van der Waals surface area contributed by atoms with Crippen molar-refractivity contribution in [2.75, 3.05) is 5.75 Å². The molecule has 0 fully saturated rings. The Morgan fingerprint density at radius 2 is 1.83 bits per heavy atom. The van der Waals surface area contributed by atoms with Crippen LogP contribution in [0.25, 0.3) is 16.3 Å². The third-order valence-electron chi connectivity index (χ3n) is 3.79. The maximum absolute atomic E-state index is 12.5. The molecule has 116 valence electrons. The van der Waals surface area contributed by atoms with E-state index in [4.69, 9.17) is 5.11 Å². The Labute approximate surface area is 141 Å². The fourth-order valence-corrected chi connectivity index (χ4v) is 3.74. The predicted molar refractivity (Wildman–Crippen MR) is 89.4 cm³/mol. The van der Waals surface area contributed by atoms with Crippen LogP contribution in [0.4, 0.5) is 0 Å². The summed E-state index contributed by atoms with van der Waals surface area (Å²) in [6, 6.07) is 12.5. The van der Waals surface area contributed by atoms with Gasteiger partial charge in [-0.1, -0.05) is 24.3 Å². The third-order valence-corrected chi connectivity index (χ3v) is 4.86. The number of nitriles is 2. The van der Waals surface area contributed by atoms with Crippen LogP contribution >= 0.6 is 11.8 Å². The van der Waals surface area contributed by atoms with Crippen LogP contribution in [0.3, 0.4) is 0 Å². The number of benzene rings is 2. The molecule has 0 heterocycles. The molecule has 0 saturated carbocycles. The van der Waals surface area contributed by atoms with E-state index in [-0.39, 0.29) is 17.6 Å². The standard InChI is InChI=1S/C18H10N2O3S/c19-8-13-10-4-5-15(24-7-6-16(21)22)11-2-1-3-12(17(10)11)18(23)14(13)9-20/h1-5H,6-7H2,(H,21,22). The van der Waals surface area contributed by atoms with Crippen LogP contribution in [0.15, 0.2) is 40.8 Å². The summed E-state index contributed by atoms with van der Waals surface area (Å²) < 4.78 is 0. The molecule has 0 bridgehead atoms. The van der Waals surface area contributed by atoms with Crippen molar-refractivity contribution in [3.63, 3.8) is 0 Å². The Kier molecular flexibility index (Phi) is 4.07. The lowest BCUT2D eigenvalue weighted by Gasteiger charge is -2.18. The Bertz CT molecular complexity index is 1010. The van der Waals surface area contributed by atoms with Crippen molar-refractivity contribution >= 4 is 39.9 Å². The monoisotopic (exact) mass is 334 g/mol. The summed E-state index contributed by atoms with van der Waals surface area (Å²) in [6.07, 6.45) is 0.0362. The topological polar surface area (TPSA) is 102 Å². The highest BCUT2D eigenvalue weighted by Crippen LogP contribution is 2.40. The second kappa shape index (κ2) is 6.19. The van der Waals surface area contributed by atoms with Crippen molar-refractivity contribution in [1.82, 2.24) is 0 Å². The van der Waals surface area contributed by atoms with Gasteiger partial charge in [0.2, 0.25) is 5.78 Å². The molecule has 0 aliphatic heterocycles. The SMILES string of the molecule is N#CC1=C(C#N)c2ccc(SCCC(=O)O)c3cccc(c23)C1=O. The highest BCUT2D eigenvalue weighted by atomic mass is 32.2. The minimum atomic E-state index is -0.867. The first-order chi connectivity index (χ1) is 11.6. The first kappa shape index (κ1) is 15.8. The number of allylic oxidation sites excluding steroid dienone is 2. The quantitative estimate of drug-likeness (QED) is 0.860. The smallest absolute Gasteiger partial charge is 0.304 e. The molecule has 3 rings (SSSR count). The van der Waals surface area contributed by atoms with Gasteiger partial charge in [-0.25, -0.2) is 0 Å². The number of thioether (sulfide) groups is 1. The number of hydrogen-bond acceptors (Lipinski definition) is 5. The van der Waals surface area contributed by atoms with Gasteiger partial charge in [-0.05, 0) is 11.5 Å².